The van der Waals surface area contributed by atoms with Crippen LogP contribution in [0.25, 0.3) is 10.4 Å². The first-order chi connectivity index (χ1) is 15.6. The van der Waals surface area contributed by atoms with Crippen LogP contribution in [0.4, 0.5) is 10.1 Å². The van der Waals surface area contributed by atoms with E-state index in [1.54, 1.807) is 23.1 Å². The Hall–Kier alpha value is -2.74. The van der Waals surface area contributed by atoms with Gasteiger partial charge in [0, 0.05) is 17.8 Å². The van der Waals surface area contributed by atoms with Gasteiger partial charge in [0.25, 0.3) is 0 Å². The van der Waals surface area contributed by atoms with Crippen LogP contribution in [0.1, 0.15) is 56.6 Å². The van der Waals surface area contributed by atoms with Gasteiger partial charge in [-0.1, -0.05) is 19.1 Å². The molecule has 3 atom stereocenters. The molecule has 1 saturated carbocycles. The Morgan fingerprint density at radius 2 is 1.82 bits per heavy atom. The van der Waals surface area contributed by atoms with E-state index in [0.717, 1.165) is 16.9 Å². The van der Waals surface area contributed by atoms with Crippen molar-refractivity contribution in [2.45, 2.75) is 59.1 Å². The van der Waals surface area contributed by atoms with Crippen molar-refractivity contribution in [3.8, 4) is 10.4 Å². The summed E-state index contributed by atoms with van der Waals surface area (Å²) in [6, 6.07) is 7.48. The third-order valence-corrected chi connectivity index (χ3v) is 7.07. The molecule has 2 unspecified atom stereocenters. The summed E-state index contributed by atoms with van der Waals surface area (Å²) in [4.78, 5) is 40.8. The van der Waals surface area contributed by atoms with E-state index in [4.69, 9.17) is 9.47 Å². The normalized spacial score (nSPS) is 20.4. The van der Waals surface area contributed by atoms with Crippen molar-refractivity contribution in [2.24, 2.45) is 11.8 Å². The van der Waals surface area contributed by atoms with Gasteiger partial charge in [0.1, 0.15) is 16.8 Å². The minimum absolute atomic E-state index is 0.184. The van der Waals surface area contributed by atoms with E-state index in [2.05, 4.69) is 6.92 Å². The van der Waals surface area contributed by atoms with Gasteiger partial charge in [0.15, 0.2) is 0 Å². The van der Waals surface area contributed by atoms with E-state index in [1.807, 2.05) is 13.8 Å². The topological polar surface area (TPSA) is 72.9 Å². The quantitative estimate of drug-likeness (QED) is 0.520. The fraction of sp³-hybridized carbons (Fsp3) is 0.480. The van der Waals surface area contributed by atoms with Crippen LogP contribution in [0, 0.1) is 17.7 Å². The highest BCUT2D eigenvalue weighted by Gasteiger charge is 2.40. The number of nitrogens with zero attached hydrogens (tertiary/aromatic N) is 1. The lowest BCUT2D eigenvalue weighted by Gasteiger charge is -2.37. The number of halogens is 1. The molecule has 0 bridgehead atoms. The van der Waals surface area contributed by atoms with Gasteiger partial charge in [0.05, 0.1) is 18.7 Å². The number of carbonyl (C=O) groups excluding carboxylic acids is 3. The Morgan fingerprint density at radius 1 is 1.15 bits per heavy atom. The molecular weight excluding hydrogens is 445 g/mol. The van der Waals surface area contributed by atoms with Crippen LogP contribution >= 0.6 is 11.3 Å². The first-order valence-electron chi connectivity index (χ1n) is 11.1. The van der Waals surface area contributed by atoms with Crippen molar-refractivity contribution < 1.29 is 28.2 Å². The van der Waals surface area contributed by atoms with Crippen molar-refractivity contribution in [1.29, 1.82) is 0 Å². The second-order valence-electron chi connectivity index (χ2n) is 8.80. The monoisotopic (exact) mass is 475 g/mol. The van der Waals surface area contributed by atoms with Crippen molar-refractivity contribution in [1.82, 2.24) is 0 Å². The summed E-state index contributed by atoms with van der Waals surface area (Å²) < 4.78 is 23.9. The minimum Gasteiger partial charge on any atom is -0.465 e. The third kappa shape index (κ3) is 5.61. The Labute approximate surface area is 197 Å². The Bertz CT molecular complexity index is 1020. The Morgan fingerprint density at radius 3 is 2.39 bits per heavy atom. The molecule has 1 aromatic heterocycles. The van der Waals surface area contributed by atoms with Crippen LogP contribution in [0.2, 0.25) is 0 Å². The van der Waals surface area contributed by atoms with Crippen LogP contribution in [0.5, 0.6) is 0 Å². The number of hydrogen-bond acceptors (Lipinski definition) is 6. The van der Waals surface area contributed by atoms with Crippen LogP contribution in [-0.4, -0.2) is 37.1 Å². The molecule has 0 aliphatic heterocycles. The number of benzene rings is 1. The molecule has 33 heavy (non-hydrogen) atoms. The van der Waals surface area contributed by atoms with E-state index in [-0.39, 0.29) is 17.8 Å². The van der Waals surface area contributed by atoms with Crippen LogP contribution in [0.3, 0.4) is 0 Å². The van der Waals surface area contributed by atoms with Crippen LogP contribution in [-0.2, 0) is 19.1 Å². The lowest BCUT2D eigenvalue weighted by Crippen LogP contribution is -2.48. The summed E-state index contributed by atoms with van der Waals surface area (Å²) >= 11 is 1.20. The van der Waals surface area contributed by atoms with Crippen LogP contribution < -0.4 is 4.90 Å². The number of anilines is 1. The number of ether oxygens (including phenoxy) is 2. The van der Waals surface area contributed by atoms with Gasteiger partial charge in [-0.15, -0.1) is 11.3 Å². The molecule has 2 aromatic rings. The fourth-order valence-electron chi connectivity index (χ4n) is 4.34. The van der Waals surface area contributed by atoms with Crippen LogP contribution in [0.15, 0.2) is 30.3 Å². The van der Waals surface area contributed by atoms with E-state index < -0.39 is 24.0 Å². The fourth-order valence-corrected chi connectivity index (χ4v) is 5.41. The summed E-state index contributed by atoms with van der Waals surface area (Å²) in [6.07, 6.45) is 1.57. The van der Waals surface area contributed by atoms with Gasteiger partial charge in [-0.3, -0.25) is 9.59 Å². The molecule has 0 spiro atoms. The predicted octanol–water partition coefficient (Wildman–Crippen LogP) is 5.45. The maximum absolute atomic E-state index is 13.8. The summed E-state index contributed by atoms with van der Waals surface area (Å²) in [5, 5.41) is 0. The van der Waals surface area contributed by atoms with Crippen molar-refractivity contribution in [3.63, 3.8) is 0 Å². The second-order valence-corrected chi connectivity index (χ2v) is 9.85. The molecular formula is C25H30FNO5S. The van der Waals surface area contributed by atoms with E-state index >= 15 is 0 Å². The summed E-state index contributed by atoms with van der Waals surface area (Å²) in [6.45, 7) is 7.19. The number of hydrogen-bond donors (Lipinski definition) is 0. The van der Waals surface area contributed by atoms with E-state index in [1.165, 1.54) is 37.5 Å². The van der Waals surface area contributed by atoms with Gasteiger partial charge in [-0.2, -0.15) is 0 Å². The maximum atomic E-state index is 13.8. The maximum Gasteiger partial charge on any atom is 0.350 e. The first kappa shape index (κ1) is 24.9. The SMILES string of the molecule is COC(=O)c1sc(-c2ccc(F)cc2)cc1N(C(=O)[C@@H]1CCC(C)CC1OC(C)=O)C(C)C. The van der Waals surface area contributed by atoms with Crippen molar-refractivity contribution >= 4 is 34.9 Å². The average molecular weight is 476 g/mol. The molecule has 1 fully saturated rings. The molecule has 1 aromatic carbocycles. The molecule has 8 heteroatoms. The summed E-state index contributed by atoms with van der Waals surface area (Å²) in [7, 11) is 1.30. The Balaban J connectivity index is 2.04. The average Bonchev–Trinajstić information content (AvgIpc) is 3.17. The highest BCUT2D eigenvalue weighted by Crippen LogP contribution is 2.40. The summed E-state index contributed by atoms with van der Waals surface area (Å²) in [5.74, 6) is -1.64. The van der Waals surface area contributed by atoms with Crippen molar-refractivity contribution in [3.05, 3.63) is 41.0 Å². The smallest absolute Gasteiger partial charge is 0.350 e. The van der Waals surface area contributed by atoms with Gasteiger partial charge in [0.2, 0.25) is 5.91 Å². The molecule has 3 rings (SSSR count). The van der Waals surface area contributed by atoms with Crippen molar-refractivity contribution in [2.75, 3.05) is 12.0 Å². The third-order valence-electron chi connectivity index (χ3n) is 5.91. The highest BCUT2D eigenvalue weighted by molar-refractivity contribution is 7.18. The summed E-state index contributed by atoms with van der Waals surface area (Å²) in [5.41, 5.74) is 1.18. The molecule has 0 saturated heterocycles. The van der Waals surface area contributed by atoms with Gasteiger partial charge in [-0.05, 0) is 62.8 Å². The predicted molar refractivity (Wildman–Crippen MR) is 126 cm³/mol. The van der Waals surface area contributed by atoms with Gasteiger partial charge < -0.3 is 14.4 Å². The standard InChI is InChI=1S/C25H30FNO5S/c1-14(2)27(24(29)19-11-6-15(3)12-21(19)32-16(4)28)20-13-22(33-23(20)25(30)31-5)17-7-9-18(26)10-8-17/h7-10,13-15,19,21H,6,11-12H2,1-5H3/t15?,19-,21?/m1/s1. The molecule has 1 aliphatic rings. The van der Waals surface area contributed by atoms with E-state index in [0.29, 0.717) is 29.3 Å². The molecule has 6 nitrogen and oxygen atoms in total. The molecule has 1 heterocycles. The zero-order valence-corrected chi connectivity index (χ0v) is 20.4. The number of methoxy groups -OCH3 is 1. The number of carbonyl (C=O) groups is 3. The second kappa shape index (κ2) is 10.5. The molecule has 0 radical (unpaired) electrons. The van der Waals surface area contributed by atoms with Gasteiger partial charge >= 0.3 is 11.9 Å². The lowest BCUT2D eigenvalue weighted by molar-refractivity contribution is -0.154. The Kier molecular flexibility index (Phi) is 7.89. The highest BCUT2D eigenvalue weighted by atomic mass is 32.1. The van der Waals surface area contributed by atoms with Gasteiger partial charge in [-0.25, -0.2) is 9.18 Å². The largest absolute Gasteiger partial charge is 0.465 e. The molecule has 1 aliphatic carbocycles. The zero-order chi connectivity index (χ0) is 24.3. The lowest BCUT2D eigenvalue weighted by atomic mass is 9.79. The first-order valence-corrected chi connectivity index (χ1v) is 11.9. The minimum atomic E-state index is -0.546. The zero-order valence-electron chi connectivity index (χ0n) is 19.6. The number of amides is 1. The molecule has 0 N–H and O–H groups in total. The molecule has 1 amide bonds. The van der Waals surface area contributed by atoms with E-state index in [9.17, 15) is 18.8 Å². The number of rotatable bonds is 6. The number of esters is 2. The number of thiophene rings is 1. The molecule has 178 valence electrons.